The lowest BCUT2D eigenvalue weighted by Crippen LogP contribution is -2.40. The Bertz CT molecular complexity index is 921. The van der Waals surface area contributed by atoms with Gasteiger partial charge in [-0.25, -0.2) is 9.48 Å². The number of nitrogens with zero attached hydrogens (tertiary/aromatic N) is 4. The highest BCUT2D eigenvalue weighted by atomic mass is 35.5. The summed E-state index contributed by atoms with van der Waals surface area (Å²) in [4.78, 5) is 28.5. The van der Waals surface area contributed by atoms with Crippen molar-refractivity contribution in [2.75, 3.05) is 26.2 Å². The van der Waals surface area contributed by atoms with E-state index >= 15 is 0 Å². The quantitative estimate of drug-likeness (QED) is 0.667. The van der Waals surface area contributed by atoms with Crippen LogP contribution in [0.1, 0.15) is 37.7 Å². The van der Waals surface area contributed by atoms with Crippen molar-refractivity contribution in [3.8, 4) is 5.75 Å². The first-order valence-corrected chi connectivity index (χ1v) is 10.8. The summed E-state index contributed by atoms with van der Waals surface area (Å²) >= 11 is 12.2. The average Bonchev–Trinajstić information content (AvgIpc) is 3.01. The molecule has 3 rings (SSSR count). The largest absolute Gasteiger partial charge is 0.468 e. The van der Waals surface area contributed by atoms with Crippen molar-refractivity contribution in [1.29, 1.82) is 0 Å². The summed E-state index contributed by atoms with van der Waals surface area (Å²) < 4.78 is 12.6. The molecule has 1 aliphatic rings. The predicted molar refractivity (Wildman–Crippen MR) is 118 cm³/mol. The second kappa shape index (κ2) is 9.78. The van der Waals surface area contributed by atoms with Crippen LogP contribution in [-0.4, -0.2) is 63.4 Å². The molecule has 0 saturated carbocycles. The molecule has 0 spiro atoms. The molecule has 31 heavy (non-hydrogen) atoms. The minimum atomic E-state index is -0.554. The first-order valence-electron chi connectivity index (χ1n) is 10.0. The van der Waals surface area contributed by atoms with Crippen LogP contribution in [0.25, 0.3) is 0 Å². The predicted octanol–water partition coefficient (Wildman–Crippen LogP) is 4.31. The van der Waals surface area contributed by atoms with Gasteiger partial charge in [-0.1, -0.05) is 29.3 Å². The highest BCUT2D eigenvalue weighted by Crippen LogP contribution is 2.32. The molecule has 1 aromatic carbocycles. The highest BCUT2D eigenvalue weighted by molar-refractivity contribution is 6.37. The van der Waals surface area contributed by atoms with E-state index < -0.39 is 5.60 Å². The summed E-state index contributed by atoms with van der Waals surface area (Å²) in [5.74, 6) is 0.171. The van der Waals surface area contributed by atoms with Gasteiger partial charge in [0.05, 0.1) is 10.0 Å². The topological polar surface area (TPSA) is 76.9 Å². The van der Waals surface area contributed by atoms with Crippen molar-refractivity contribution in [2.45, 2.75) is 39.5 Å². The molecule has 168 valence electrons. The third kappa shape index (κ3) is 6.27. The minimum absolute atomic E-state index is 0.0587. The molecule has 2 heterocycles. The molecular formula is C21H26Cl2N4O4. The van der Waals surface area contributed by atoms with Crippen molar-refractivity contribution >= 4 is 35.2 Å². The second-order valence-corrected chi connectivity index (χ2v) is 8.99. The smallest absolute Gasteiger partial charge is 0.410 e. The van der Waals surface area contributed by atoms with Gasteiger partial charge in [0.1, 0.15) is 5.60 Å². The summed E-state index contributed by atoms with van der Waals surface area (Å²) in [6.45, 7) is 7.46. The highest BCUT2D eigenvalue weighted by Gasteiger charge is 2.27. The van der Waals surface area contributed by atoms with Crippen molar-refractivity contribution in [3.63, 3.8) is 0 Å². The van der Waals surface area contributed by atoms with E-state index in [1.807, 2.05) is 20.8 Å². The first kappa shape index (κ1) is 23.2. The van der Waals surface area contributed by atoms with Gasteiger partial charge in [0, 0.05) is 32.4 Å². The SMILES string of the molecule is CC(C)(C)OC(=O)N1CCCN(C(=O)c2ccn(COc3c(Cl)cccc3Cl)n2)CC1. The van der Waals surface area contributed by atoms with Crippen LogP contribution in [0.5, 0.6) is 5.75 Å². The maximum atomic E-state index is 12.9. The fraction of sp³-hybridized carbons (Fsp3) is 0.476. The zero-order chi connectivity index (χ0) is 22.6. The minimum Gasteiger partial charge on any atom is -0.468 e. The Morgan fingerprint density at radius 3 is 2.35 bits per heavy atom. The van der Waals surface area contributed by atoms with Crippen LogP contribution >= 0.6 is 23.2 Å². The molecule has 1 aromatic heterocycles. The molecule has 0 bridgehead atoms. The number of para-hydroxylation sites is 1. The van der Waals surface area contributed by atoms with Gasteiger partial charge in [0.25, 0.3) is 5.91 Å². The number of rotatable bonds is 4. The number of aromatic nitrogens is 2. The van der Waals surface area contributed by atoms with Crippen LogP contribution < -0.4 is 4.74 Å². The van der Waals surface area contributed by atoms with E-state index in [2.05, 4.69) is 5.10 Å². The molecular weight excluding hydrogens is 443 g/mol. The molecule has 0 N–H and O–H groups in total. The lowest BCUT2D eigenvalue weighted by molar-refractivity contribution is 0.0255. The summed E-state index contributed by atoms with van der Waals surface area (Å²) in [6.07, 6.45) is 1.96. The zero-order valence-corrected chi connectivity index (χ0v) is 19.3. The molecule has 1 fully saturated rings. The number of halogens is 2. The molecule has 2 aromatic rings. The Labute approximate surface area is 191 Å². The number of amides is 2. The van der Waals surface area contributed by atoms with E-state index in [9.17, 15) is 9.59 Å². The van der Waals surface area contributed by atoms with Crippen molar-refractivity contribution in [2.24, 2.45) is 0 Å². The lowest BCUT2D eigenvalue weighted by atomic mass is 10.2. The zero-order valence-electron chi connectivity index (χ0n) is 17.8. The van der Waals surface area contributed by atoms with E-state index in [1.54, 1.807) is 40.3 Å². The van der Waals surface area contributed by atoms with E-state index in [4.69, 9.17) is 32.7 Å². The van der Waals surface area contributed by atoms with E-state index in [0.29, 0.717) is 54.1 Å². The van der Waals surface area contributed by atoms with Gasteiger partial charge in [-0.2, -0.15) is 5.10 Å². The van der Waals surface area contributed by atoms with E-state index in [-0.39, 0.29) is 18.7 Å². The van der Waals surface area contributed by atoms with Crippen LogP contribution in [0, 0.1) is 0 Å². The Balaban J connectivity index is 1.57. The van der Waals surface area contributed by atoms with E-state index in [1.165, 1.54) is 4.68 Å². The number of hydrogen-bond acceptors (Lipinski definition) is 5. The fourth-order valence-electron chi connectivity index (χ4n) is 3.09. The van der Waals surface area contributed by atoms with Gasteiger partial charge in [0.2, 0.25) is 0 Å². The summed E-state index contributed by atoms with van der Waals surface area (Å²) in [5, 5.41) is 5.10. The van der Waals surface area contributed by atoms with Crippen LogP contribution in [0.2, 0.25) is 10.0 Å². The molecule has 0 radical (unpaired) electrons. The van der Waals surface area contributed by atoms with Crippen molar-refractivity contribution < 1.29 is 19.1 Å². The average molecular weight is 469 g/mol. The number of hydrogen-bond donors (Lipinski definition) is 0. The molecule has 0 atom stereocenters. The first-order chi connectivity index (χ1) is 14.6. The van der Waals surface area contributed by atoms with Gasteiger partial charge in [0.15, 0.2) is 18.2 Å². The molecule has 2 amide bonds. The maximum absolute atomic E-state index is 12.9. The van der Waals surface area contributed by atoms with Crippen molar-refractivity contribution in [1.82, 2.24) is 19.6 Å². The Morgan fingerprint density at radius 1 is 1.03 bits per heavy atom. The standard InChI is InChI=1S/C21H26Cl2N4O4/c1-21(2,3)31-20(29)26-10-5-9-25(12-13-26)19(28)17-8-11-27(24-17)14-30-18-15(22)6-4-7-16(18)23/h4,6-8,11H,5,9-10,12-14H2,1-3H3. The van der Waals surface area contributed by atoms with Gasteiger partial charge >= 0.3 is 6.09 Å². The van der Waals surface area contributed by atoms with Gasteiger partial charge < -0.3 is 19.3 Å². The van der Waals surface area contributed by atoms with Crippen molar-refractivity contribution in [3.05, 3.63) is 46.2 Å². The molecule has 8 nitrogen and oxygen atoms in total. The molecule has 0 aliphatic carbocycles. The lowest BCUT2D eigenvalue weighted by Gasteiger charge is -2.26. The Morgan fingerprint density at radius 2 is 1.68 bits per heavy atom. The summed E-state index contributed by atoms with van der Waals surface area (Å²) in [5.41, 5.74) is -0.248. The normalized spacial score (nSPS) is 14.9. The van der Waals surface area contributed by atoms with Crippen LogP contribution in [0.4, 0.5) is 4.79 Å². The maximum Gasteiger partial charge on any atom is 0.410 e. The van der Waals surface area contributed by atoms with Crippen LogP contribution in [0.15, 0.2) is 30.5 Å². The molecule has 10 heteroatoms. The number of carbonyl (C=O) groups excluding carboxylic acids is 2. The van der Waals surface area contributed by atoms with Crippen LogP contribution in [-0.2, 0) is 11.5 Å². The monoisotopic (exact) mass is 468 g/mol. The number of carbonyl (C=O) groups is 2. The van der Waals surface area contributed by atoms with Gasteiger partial charge in [-0.3, -0.25) is 4.79 Å². The van der Waals surface area contributed by atoms with Gasteiger partial charge in [-0.15, -0.1) is 0 Å². The molecule has 1 saturated heterocycles. The van der Waals surface area contributed by atoms with E-state index in [0.717, 1.165) is 0 Å². The molecule has 1 aliphatic heterocycles. The number of ether oxygens (including phenoxy) is 2. The summed E-state index contributed by atoms with van der Waals surface area (Å²) in [6, 6.07) is 6.73. The summed E-state index contributed by atoms with van der Waals surface area (Å²) in [7, 11) is 0. The fourth-order valence-corrected chi connectivity index (χ4v) is 3.60. The van der Waals surface area contributed by atoms with Gasteiger partial charge in [-0.05, 0) is 45.4 Å². The third-order valence-corrected chi connectivity index (χ3v) is 5.15. The number of benzene rings is 1. The second-order valence-electron chi connectivity index (χ2n) is 8.18. The Hall–Kier alpha value is -2.45. The Kier molecular flexibility index (Phi) is 7.33. The third-order valence-electron chi connectivity index (χ3n) is 4.55. The van der Waals surface area contributed by atoms with Crippen LogP contribution in [0.3, 0.4) is 0 Å². The molecule has 0 unspecified atom stereocenters.